The van der Waals surface area contributed by atoms with Crippen molar-refractivity contribution in [3.05, 3.63) is 24.3 Å². The number of benzene rings is 1. The maximum atomic E-state index is 8.85. The summed E-state index contributed by atoms with van der Waals surface area (Å²) < 4.78 is 0. The second-order valence-corrected chi connectivity index (χ2v) is 4.00. The molecule has 0 amide bonds. The van der Waals surface area contributed by atoms with Gasteiger partial charge < -0.3 is 9.80 Å². The lowest BCUT2D eigenvalue weighted by Crippen LogP contribution is -2.24. The fourth-order valence-corrected chi connectivity index (χ4v) is 2.19. The topological polar surface area (TPSA) is 54.1 Å². The van der Waals surface area contributed by atoms with Gasteiger partial charge in [0, 0.05) is 13.1 Å². The van der Waals surface area contributed by atoms with Crippen LogP contribution in [0.25, 0.3) is 0 Å². The van der Waals surface area contributed by atoms with Crippen LogP contribution in [0.5, 0.6) is 0 Å². The van der Waals surface area contributed by atoms with E-state index in [2.05, 4.69) is 21.9 Å². The van der Waals surface area contributed by atoms with Gasteiger partial charge in [-0.05, 0) is 18.6 Å². The van der Waals surface area contributed by atoms with E-state index in [4.69, 9.17) is 10.5 Å². The Bertz CT molecular complexity index is 426. The van der Waals surface area contributed by atoms with Crippen molar-refractivity contribution in [1.82, 2.24) is 0 Å². The Kier molecular flexibility index (Phi) is 3.47. The molecule has 0 saturated carbocycles. The van der Waals surface area contributed by atoms with Crippen molar-refractivity contribution in [1.29, 1.82) is 10.5 Å². The van der Waals surface area contributed by atoms with E-state index in [-0.39, 0.29) is 0 Å². The van der Waals surface area contributed by atoms with Gasteiger partial charge in [0.25, 0.3) is 0 Å². The summed E-state index contributed by atoms with van der Waals surface area (Å²) in [6.07, 6.45) is 0.970. The minimum atomic E-state index is 0.400. The van der Waals surface area contributed by atoms with Gasteiger partial charge in [0.2, 0.25) is 0 Å². The Morgan fingerprint density at radius 2 is 1.41 bits per heavy atom. The van der Waals surface area contributed by atoms with Crippen molar-refractivity contribution in [2.45, 2.75) is 6.42 Å². The van der Waals surface area contributed by atoms with Crippen LogP contribution in [-0.2, 0) is 0 Å². The Hall–Kier alpha value is -2.20. The molecule has 4 nitrogen and oxygen atoms in total. The molecule has 1 aromatic rings. The van der Waals surface area contributed by atoms with E-state index in [1.165, 1.54) is 0 Å². The average molecular weight is 226 g/mol. The van der Waals surface area contributed by atoms with Gasteiger partial charge in [-0.1, -0.05) is 12.1 Å². The van der Waals surface area contributed by atoms with Gasteiger partial charge >= 0.3 is 0 Å². The fourth-order valence-electron chi connectivity index (χ4n) is 2.19. The van der Waals surface area contributed by atoms with Crippen molar-refractivity contribution in [2.75, 3.05) is 36.0 Å². The van der Waals surface area contributed by atoms with Crippen molar-refractivity contribution >= 4 is 11.4 Å². The molecule has 17 heavy (non-hydrogen) atoms. The molecule has 2 rings (SSSR count). The van der Waals surface area contributed by atoms with Crippen molar-refractivity contribution in [3.63, 3.8) is 0 Å². The highest BCUT2D eigenvalue weighted by Crippen LogP contribution is 2.31. The lowest BCUT2D eigenvalue weighted by atomic mass is 10.2. The molecule has 0 aromatic heterocycles. The first-order valence-electron chi connectivity index (χ1n) is 5.69. The summed E-state index contributed by atoms with van der Waals surface area (Å²) in [5.74, 6) is 0. The lowest BCUT2D eigenvalue weighted by Gasteiger charge is -2.24. The third-order valence-electron chi connectivity index (χ3n) is 2.94. The van der Waals surface area contributed by atoms with E-state index in [0.29, 0.717) is 13.1 Å². The monoisotopic (exact) mass is 226 g/mol. The molecule has 0 fully saturated rings. The van der Waals surface area contributed by atoms with E-state index in [1.807, 2.05) is 24.3 Å². The predicted molar refractivity (Wildman–Crippen MR) is 66.7 cm³/mol. The number of hydrogen-bond acceptors (Lipinski definition) is 4. The molecule has 0 unspecified atom stereocenters. The van der Waals surface area contributed by atoms with Gasteiger partial charge in [0.1, 0.15) is 13.1 Å². The fraction of sp³-hybridized carbons (Fsp3) is 0.385. The standard InChI is InChI=1S/C13H14N4/c14-6-10-16-8-3-9-17(11-7-15)13-5-2-1-4-12(13)16/h1-2,4-5H,3,8-11H2. The van der Waals surface area contributed by atoms with Crippen molar-refractivity contribution in [3.8, 4) is 12.1 Å². The molecule has 1 aromatic carbocycles. The van der Waals surface area contributed by atoms with Crippen molar-refractivity contribution < 1.29 is 0 Å². The number of para-hydroxylation sites is 2. The van der Waals surface area contributed by atoms with Gasteiger partial charge in [-0.3, -0.25) is 0 Å². The molecule has 0 aliphatic carbocycles. The summed E-state index contributed by atoms with van der Waals surface area (Å²) in [5, 5.41) is 17.7. The van der Waals surface area contributed by atoms with Crippen LogP contribution in [0.1, 0.15) is 6.42 Å². The van der Waals surface area contributed by atoms with E-state index in [1.54, 1.807) is 0 Å². The first-order valence-corrected chi connectivity index (χ1v) is 5.69. The Balaban J connectivity index is 2.38. The highest BCUT2D eigenvalue weighted by atomic mass is 15.2. The first-order chi connectivity index (χ1) is 8.36. The number of nitrogens with zero attached hydrogens (tertiary/aromatic N) is 4. The van der Waals surface area contributed by atoms with E-state index >= 15 is 0 Å². The van der Waals surface area contributed by atoms with Gasteiger partial charge in [0.15, 0.2) is 0 Å². The summed E-state index contributed by atoms with van der Waals surface area (Å²) in [6, 6.07) is 12.4. The molecular formula is C13H14N4. The van der Waals surface area contributed by atoms with E-state index in [9.17, 15) is 0 Å². The summed E-state index contributed by atoms with van der Waals surface area (Å²) in [5.41, 5.74) is 2.11. The largest absolute Gasteiger partial charge is 0.356 e. The van der Waals surface area contributed by atoms with Crippen LogP contribution in [0.3, 0.4) is 0 Å². The number of nitriles is 2. The third kappa shape index (κ3) is 2.32. The molecule has 0 spiro atoms. The zero-order valence-corrected chi connectivity index (χ0v) is 9.63. The second kappa shape index (κ2) is 5.23. The molecule has 1 aliphatic heterocycles. The molecule has 0 radical (unpaired) electrons. The molecule has 0 N–H and O–H groups in total. The maximum absolute atomic E-state index is 8.85. The van der Waals surface area contributed by atoms with Crippen LogP contribution in [0.2, 0.25) is 0 Å². The molecule has 0 saturated heterocycles. The number of fused-ring (bicyclic) bond motifs is 1. The summed E-state index contributed by atoms with van der Waals surface area (Å²) in [4.78, 5) is 4.15. The molecule has 4 heteroatoms. The minimum Gasteiger partial charge on any atom is -0.356 e. The summed E-state index contributed by atoms with van der Waals surface area (Å²) in [6.45, 7) is 2.54. The molecular weight excluding hydrogens is 212 g/mol. The summed E-state index contributed by atoms with van der Waals surface area (Å²) in [7, 11) is 0. The molecule has 0 atom stereocenters. The zero-order valence-electron chi connectivity index (χ0n) is 9.63. The van der Waals surface area contributed by atoms with Crippen LogP contribution in [0, 0.1) is 22.7 Å². The van der Waals surface area contributed by atoms with Crippen LogP contribution in [0.15, 0.2) is 24.3 Å². The van der Waals surface area contributed by atoms with E-state index < -0.39 is 0 Å². The molecule has 1 heterocycles. The molecule has 86 valence electrons. The van der Waals surface area contributed by atoms with Crippen LogP contribution < -0.4 is 9.80 Å². The predicted octanol–water partition coefficient (Wildman–Crippen LogP) is 1.75. The Morgan fingerprint density at radius 1 is 0.941 bits per heavy atom. The van der Waals surface area contributed by atoms with Gasteiger partial charge in [-0.25, -0.2) is 0 Å². The van der Waals surface area contributed by atoms with Crippen LogP contribution in [0.4, 0.5) is 11.4 Å². The Labute approximate surface area is 101 Å². The zero-order chi connectivity index (χ0) is 12.1. The molecule has 0 bridgehead atoms. The Morgan fingerprint density at radius 3 is 1.82 bits per heavy atom. The van der Waals surface area contributed by atoms with Crippen LogP contribution >= 0.6 is 0 Å². The number of anilines is 2. The van der Waals surface area contributed by atoms with Gasteiger partial charge in [-0.15, -0.1) is 0 Å². The van der Waals surface area contributed by atoms with Gasteiger partial charge in [-0.2, -0.15) is 10.5 Å². The average Bonchev–Trinajstić information content (AvgIpc) is 2.52. The second-order valence-electron chi connectivity index (χ2n) is 4.00. The SMILES string of the molecule is N#CCN1CCCN(CC#N)c2ccccc21. The highest BCUT2D eigenvalue weighted by Gasteiger charge is 2.19. The number of hydrogen-bond donors (Lipinski definition) is 0. The first kappa shape index (κ1) is 11.3. The normalized spacial score (nSPS) is 14.5. The lowest BCUT2D eigenvalue weighted by molar-refractivity contribution is 0.762. The summed E-state index contributed by atoms with van der Waals surface area (Å²) >= 11 is 0. The third-order valence-corrected chi connectivity index (χ3v) is 2.94. The smallest absolute Gasteiger partial charge is 0.105 e. The highest BCUT2D eigenvalue weighted by molar-refractivity contribution is 5.72. The van der Waals surface area contributed by atoms with Crippen LogP contribution in [-0.4, -0.2) is 26.2 Å². The van der Waals surface area contributed by atoms with E-state index in [0.717, 1.165) is 30.9 Å². The maximum Gasteiger partial charge on any atom is 0.105 e. The molecule has 1 aliphatic rings. The number of rotatable bonds is 2. The van der Waals surface area contributed by atoms with Gasteiger partial charge in [0.05, 0.1) is 23.5 Å². The quantitative estimate of drug-likeness (QED) is 0.721. The minimum absolute atomic E-state index is 0.400. The van der Waals surface area contributed by atoms with Crippen molar-refractivity contribution in [2.24, 2.45) is 0 Å².